The second kappa shape index (κ2) is 6.23. The van der Waals surface area contributed by atoms with Crippen LogP contribution in [0.25, 0.3) is 0 Å². The summed E-state index contributed by atoms with van der Waals surface area (Å²) in [6.07, 6.45) is 0. The Hall–Kier alpha value is -1.42. The number of ether oxygens (including phenoxy) is 1. The summed E-state index contributed by atoms with van der Waals surface area (Å²) in [5.74, 6) is -0.812. The summed E-state index contributed by atoms with van der Waals surface area (Å²) >= 11 is 0. The maximum Gasteiger partial charge on any atom is 0.256 e. The molecule has 16 heavy (non-hydrogen) atoms. The van der Waals surface area contributed by atoms with Crippen molar-refractivity contribution in [1.82, 2.24) is 4.90 Å². The molecule has 1 rings (SSSR count). The van der Waals surface area contributed by atoms with Crippen molar-refractivity contribution in [2.75, 3.05) is 26.8 Å². The van der Waals surface area contributed by atoms with Gasteiger partial charge in [0.1, 0.15) is 5.82 Å². The smallest absolute Gasteiger partial charge is 0.256 e. The summed E-state index contributed by atoms with van der Waals surface area (Å²) in [5.41, 5.74) is 0.0986. The highest BCUT2D eigenvalue weighted by molar-refractivity contribution is 5.94. The molecule has 1 aromatic rings. The third kappa shape index (κ3) is 3.31. The molecule has 0 unspecified atom stereocenters. The molecule has 0 N–H and O–H groups in total. The molecule has 4 heteroatoms. The third-order valence-electron chi connectivity index (χ3n) is 2.23. The molecule has 0 atom stereocenters. The van der Waals surface area contributed by atoms with Gasteiger partial charge in [-0.05, 0) is 19.1 Å². The van der Waals surface area contributed by atoms with Gasteiger partial charge in [-0.15, -0.1) is 0 Å². The number of hydrogen-bond acceptors (Lipinski definition) is 2. The Labute approximate surface area is 94.8 Å². The number of benzene rings is 1. The maximum atomic E-state index is 13.3. The van der Waals surface area contributed by atoms with Gasteiger partial charge in [0, 0.05) is 20.2 Å². The molecule has 0 saturated heterocycles. The monoisotopic (exact) mass is 225 g/mol. The van der Waals surface area contributed by atoms with Gasteiger partial charge in [0.15, 0.2) is 0 Å². The van der Waals surface area contributed by atoms with E-state index in [1.807, 2.05) is 6.92 Å². The van der Waals surface area contributed by atoms with E-state index in [1.54, 1.807) is 19.2 Å². The van der Waals surface area contributed by atoms with Crippen molar-refractivity contribution in [3.8, 4) is 0 Å². The zero-order chi connectivity index (χ0) is 12.0. The highest BCUT2D eigenvalue weighted by Gasteiger charge is 2.14. The lowest BCUT2D eigenvalue weighted by Gasteiger charge is -2.17. The van der Waals surface area contributed by atoms with Crippen molar-refractivity contribution >= 4 is 5.91 Å². The van der Waals surface area contributed by atoms with E-state index in [4.69, 9.17) is 4.74 Å². The predicted octanol–water partition coefficient (Wildman–Crippen LogP) is 1.93. The molecule has 0 aliphatic rings. The van der Waals surface area contributed by atoms with Crippen molar-refractivity contribution in [2.24, 2.45) is 0 Å². The van der Waals surface area contributed by atoms with Crippen LogP contribution in [0.4, 0.5) is 4.39 Å². The fourth-order valence-corrected chi connectivity index (χ4v) is 1.29. The fourth-order valence-electron chi connectivity index (χ4n) is 1.29. The third-order valence-corrected chi connectivity index (χ3v) is 2.23. The molecule has 0 spiro atoms. The molecule has 1 aromatic carbocycles. The Morgan fingerprint density at radius 2 is 2.12 bits per heavy atom. The van der Waals surface area contributed by atoms with Crippen molar-refractivity contribution in [2.45, 2.75) is 6.92 Å². The summed E-state index contributed by atoms with van der Waals surface area (Å²) in [5, 5.41) is 0. The van der Waals surface area contributed by atoms with E-state index in [-0.39, 0.29) is 11.5 Å². The van der Waals surface area contributed by atoms with Crippen LogP contribution in [-0.4, -0.2) is 37.6 Å². The number of halogens is 1. The van der Waals surface area contributed by atoms with E-state index < -0.39 is 5.82 Å². The minimum Gasteiger partial charge on any atom is -0.380 e. The first-order valence-corrected chi connectivity index (χ1v) is 5.24. The number of hydrogen-bond donors (Lipinski definition) is 0. The van der Waals surface area contributed by atoms with Crippen LogP contribution in [0.3, 0.4) is 0 Å². The van der Waals surface area contributed by atoms with E-state index >= 15 is 0 Å². The Morgan fingerprint density at radius 3 is 2.75 bits per heavy atom. The molecule has 0 bridgehead atoms. The first-order valence-electron chi connectivity index (χ1n) is 5.24. The molecule has 0 aromatic heterocycles. The predicted molar refractivity (Wildman–Crippen MR) is 59.9 cm³/mol. The van der Waals surface area contributed by atoms with Gasteiger partial charge in [0.05, 0.1) is 12.2 Å². The van der Waals surface area contributed by atoms with Crippen LogP contribution in [0.5, 0.6) is 0 Å². The molecule has 3 nitrogen and oxygen atoms in total. The minimum absolute atomic E-state index is 0.0986. The molecule has 88 valence electrons. The van der Waals surface area contributed by atoms with Gasteiger partial charge in [-0.2, -0.15) is 0 Å². The highest BCUT2D eigenvalue weighted by Crippen LogP contribution is 2.08. The van der Waals surface area contributed by atoms with Crippen molar-refractivity contribution in [3.05, 3.63) is 35.6 Å². The number of rotatable bonds is 5. The Kier molecular flexibility index (Phi) is 4.92. The summed E-state index contributed by atoms with van der Waals surface area (Å²) < 4.78 is 18.4. The minimum atomic E-state index is -0.490. The van der Waals surface area contributed by atoms with Crippen molar-refractivity contribution in [1.29, 1.82) is 0 Å². The Bertz CT molecular complexity index is 355. The van der Waals surface area contributed by atoms with E-state index in [2.05, 4.69) is 0 Å². The summed E-state index contributed by atoms with van der Waals surface area (Å²) in [6, 6.07) is 5.97. The van der Waals surface area contributed by atoms with Crippen molar-refractivity contribution < 1.29 is 13.9 Å². The number of nitrogens with zero attached hydrogens (tertiary/aromatic N) is 1. The number of carbonyl (C=O) groups is 1. The standard InChI is InChI=1S/C12H16FNO2/c1-3-16-9-8-14(2)12(15)10-6-4-5-7-11(10)13/h4-7H,3,8-9H2,1-2H3. The fraction of sp³-hybridized carbons (Fsp3) is 0.417. The molecule has 0 aliphatic heterocycles. The quantitative estimate of drug-likeness (QED) is 0.717. The normalized spacial score (nSPS) is 10.2. The second-order valence-corrected chi connectivity index (χ2v) is 3.40. The lowest BCUT2D eigenvalue weighted by Crippen LogP contribution is -2.30. The summed E-state index contributed by atoms with van der Waals surface area (Å²) in [4.78, 5) is 13.2. The van der Waals surface area contributed by atoms with Gasteiger partial charge in [-0.25, -0.2) is 4.39 Å². The largest absolute Gasteiger partial charge is 0.380 e. The highest BCUT2D eigenvalue weighted by atomic mass is 19.1. The SMILES string of the molecule is CCOCCN(C)C(=O)c1ccccc1F. The topological polar surface area (TPSA) is 29.5 Å². The Balaban J connectivity index is 2.60. The van der Waals surface area contributed by atoms with Crippen LogP contribution in [0.2, 0.25) is 0 Å². The summed E-state index contributed by atoms with van der Waals surface area (Å²) in [7, 11) is 1.63. The zero-order valence-corrected chi connectivity index (χ0v) is 9.57. The van der Waals surface area contributed by atoms with E-state index in [1.165, 1.54) is 17.0 Å². The van der Waals surface area contributed by atoms with Gasteiger partial charge < -0.3 is 9.64 Å². The molecule has 0 saturated carbocycles. The molecule has 0 fully saturated rings. The number of amides is 1. The average Bonchev–Trinajstić information content (AvgIpc) is 2.29. The van der Waals surface area contributed by atoms with Gasteiger partial charge in [0.2, 0.25) is 0 Å². The number of carbonyl (C=O) groups excluding carboxylic acids is 1. The molecule has 0 heterocycles. The molecule has 1 amide bonds. The zero-order valence-electron chi connectivity index (χ0n) is 9.57. The Morgan fingerprint density at radius 1 is 1.44 bits per heavy atom. The molecule has 0 radical (unpaired) electrons. The van der Waals surface area contributed by atoms with Gasteiger partial charge in [-0.1, -0.05) is 12.1 Å². The van der Waals surface area contributed by atoms with Crippen LogP contribution in [-0.2, 0) is 4.74 Å². The first kappa shape index (κ1) is 12.6. The molecular formula is C12H16FNO2. The van der Waals surface area contributed by atoms with Gasteiger partial charge in [-0.3, -0.25) is 4.79 Å². The van der Waals surface area contributed by atoms with Gasteiger partial charge in [0.25, 0.3) is 5.91 Å². The van der Waals surface area contributed by atoms with E-state index in [9.17, 15) is 9.18 Å². The number of likely N-dealkylation sites (N-methyl/N-ethyl adjacent to an activating group) is 1. The van der Waals surface area contributed by atoms with Crippen LogP contribution in [0.15, 0.2) is 24.3 Å². The first-order chi connectivity index (χ1) is 7.66. The van der Waals surface area contributed by atoms with E-state index in [0.717, 1.165) is 0 Å². The molecular weight excluding hydrogens is 209 g/mol. The van der Waals surface area contributed by atoms with Crippen LogP contribution < -0.4 is 0 Å². The van der Waals surface area contributed by atoms with Crippen LogP contribution in [0.1, 0.15) is 17.3 Å². The lowest BCUT2D eigenvalue weighted by atomic mass is 10.2. The van der Waals surface area contributed by atoms with Crippen LogP contribution >= 0.6 is 0 Å². The lowest BCUT2D eigenvalue weighted by molar-refractivity contribution is 0.0705. The second-order valence-electron chi connectivity index (χ2n) is 3.40. The van der Waals surface area contributed by atoms with Gasteiger partial charge >= 0.3 is 0 Å². The summed E-state index contributed by atoms with van der Waals surface area (Å²) in [6.45, 7) is 3.43. The molecule has 0 aliphatic carbocycles. The van der Waals surface area contributed by atoms with Crippen molar-refractivity contribution in [3.63, 3.8) is 0 Å². The average molecular weight is 225 g/mol. The van der Waals surface area contributed by atoms with E-state index in [0.29, 0.717) is 19.8 Å². The van der Waals surface area contributed by atoms with Crippen LogP contribution in [0, 0.1) is 5.82 Å². The maximum absolute atomic E-state index is 13.3.